The van der Waals surface area contributed by atoms with E-state index in [2.05, 4.69) is 4.12 Å². The van der Waals surface area contributed by atoms with E-state index in [1.165, 1.54) is 17.7 Å². The third-order valence-electron chi connectivity index (χ3n) is 3.20. The van der Waals surface area contributed by atoms with Gasteiger partial charge in [-0.2, -0.15) is 0 Å². The van der Waals surface area contributed by atoms with Gasteiger partial charge in [-0.1, -0.05) is 0 Å². The molecule has 2 aliphatic rings. The van der Waals surface area contributed by atoms with Crippen LogP contribution in [-0.2, 0) is 10.9 Å². The van der Waals surface area contributed by atoms with E-state index in [0.717, 1.165) is 16.6 Å². The van der Waals surface area contributed by atoms with E-state index < -0.39 is 32.7 Å². The van der Waals surface area contributed by atoms with Crippen molar-refractivity contribution in [2.75, 3.05) is 6.61 Å². The molecule has 0 radical (unpaired) electrons. The fourth-order valence-electron chi connectivity index (χ4n) is 2.04. The molecule has 0 bridgehead atoms. The van der Waals surface area contributed by atoms with E-state index in [1.807, 2.05) is 0 Å². The van der Waals surface area contributed by atoms with Crippen LogP contribution in [0.1, 0.15) is 12.0 Å². The van der Waals surface area contributed by atoms with Gasteiger partial charge < -0.3 is 0 Å². The van der Waals surface area contributed by atoms with Gasteiger partial charge in [-0.05, 0) is 0 Å². The van der Waals surface area contributed by atoms with Crippen LogP contribution in [0.3, 0.4) is 0 Å². The first-order valence-electron chi connectivity index (χ1n) is 5.68. The van der Waals surface area contributed by atoms with Gasteiger partial charge in [0.15, 0.2) is 0 Å². The van der Waals surface area contributed by atoms with Crippen LogP contribution in [-0.4, -0.2) is 33.6 Å². The van der Waals surface area contributed by atoms with E-state index >= 15 is 0 Å². The fraction of sp³-hybridized carbons (Fsp3) is 0.385. The van der Waals surface area contributed by atoms with Gasteiger partial charge in [0.2, 0.25) is 0 Å². The number of halogens is 3. The van der Waals surface area contributed by atoms with Gasteiger partial charge in [-0.25, -0.2) is 0 Å². The molecule has 2 fully saturated rings. The molecule has 1 aliphatic heterocycles. The normalized spacial score (nSPS) is 28.5. The zero-order chi connectivity index (χ0) is 12.8. The Morgan fingerprint density at radius 1 is 1.22 bits per heavy atom. The van der Waals surface area contributed by atoms with Gasteiger partial charge in [0.1, 0.15) is 0 Å². The molecule has 96 valence electrons. The molecule has 1 aromatic carbocycles. The summed E-state index contributed by atoms with van der Waals surface area (Å²) in [7, 11) is 0. The molecule has 1 aliphatic carbocycles. The number of ether oxygens (including phenoxy) is 1. The van der Waals surface area contributed by atoms with Crippen molar-refractivity contribution in [2.24, 2.45) is 5.92 Å². The Kier molecular flexibility index (Phi) is 3.17. The summed E-state index contributed by atoms with van der Waals surface area (Å²) in [5, 5.41) is 0. The summed E-state index contributed by atoms with van der Waals surface area (Å²) in [4.78, 5) is 0. The molecule has 3 rings (SSSR count). The van der Waals surface area contributed by atoms with Crippen molar-refractivity contribution < 1.29 is 17.9 Å². The first-order valence-corrected chi connectivity index (χ1v) is 8.19. The third-order valence-corrected chi connectivity index (χ3v) is 5.95. The van der Waals surface area contributed by atoms with Crippen LogP contribution in [0.25, 0.3) is 0 Å². The van der Waals surface area contributed by atoms with Gasteiger partial charge in [0, 0.05) is 0 Å². The molecule has 5 heteroatoms. The van der Waals surface area contributed by atoms with Crippen molar-refractivity contribution in [2.45, 2.75) is 18.7 Å². The number of hydrogen-bond acceptors (Lipinski definition) is 1. The molecular weight excluding hydrogens is 357 g/mol. The standard InChI is InChI=1S/C13H11F3OTe/c14-13(15,16)9-1-3-10(4-2-9)18-7-8-6-17-12-5-11(8)12/h1-4,7,11-12H,5-6H2/b8-7-. The van der Waals surface area contributed by atoms with Gasteiger partial charge in [0.25, 0.3) is 0 Å². The zero-order valence-corrected chi connectivity index (χ0v) is 11.7. The predicted molar refractivity (Wildman–Crippen MR) is 62.8 cm³/mol. The second-order valence-electron chi connectivity index (χ2n) is 4.52. The molecule has 1 aromatic rings. The second kappa shape index (κ2) is 4.55. The number of alkyl halides is 3. The summed E-state index contributed by atoms with van der Waals surface area (Å²) in [6.07, 6.45) is -2.67. The minimum atomic E-state index is -4.24. The monoisotopic (exact) mass is 370 g/mol. The minimum absolute atomic E-state index is 0.441. The van der Waals surface area contributed by atoms with Crippen LogP contribution in [0.15, 0.2) is 34.0 Å². The molecule has 1 heterocycles. The maximum absolute atomic E-state index is 12.4. The summed E-state index contributed by atoms with van der Waals surface area (Å²) in [5.74, 6) is 0.615. The molecule has 0 aromatic heterocycles. The Balaban J connectivity index is 1.67. The Labute approximate surface area is 113 Å². The summed E-state index contributed by atoms with van der Waals surface area (Å²) >= 11 is -0.532. The Bertz CT molecular complexity index is 478. The average molecular weight is 368 g/mol. The summed E-state index contributed by atoms with van der Waals surface area (Å²) in [6.45, 7) is 0.723. The van der Waals surface area contributed by atoms with Crippen molar-refractivity contribution in [1.29, 1.82) is 0 Å². The van der Waals surface area contributed by atoms with Crippen LogP contribution >= 0.6 is 0 Å². The van der Waals surface area contributed by atoms with Crippen LogP contribution < -0.4 is 3.61 Å². The Hall–Kier alpha value is -0.500. The van der Waals surface area contributed by atoms with Gasteiger partial charge in [-0.15, -0.1) is 0 Å². The van der Waals surface area contributed by atoms with Gasteiger partial charge >= 0.3 is 113 Å². The summed E-state index contributed by atoms with van der Waals surface area (Å²) in [6, 6.07) is 5.54. The molecule has 1 saturated carbocycles. The molecule has 1 nitrogen and oxygen atoms in total. The zero-order valence-electron chi connectivity index (χ0n) is 9.41. The average Bonchev–Trinajstić information content (AvgIpc) is 3.00. The number of fused-ring (bicyclic) bond motifs is 1. The van der Waals surface area contributed by atoms with Crippen LogP contribution in [0.4, 0.5) is 13.2 Å². The van der Waals surface area contributed by atoms with E-state index in [9.17, 15) is 13.2 Å². The maximum atomic E-state index is 12.4. The third kappa shape index (κ3) is 2.59. The van der Waals surface area contributed by atoms with Crippen molar-refractivity contribution in [3.05, 3.63) is 39.5 Å². The second-order valence-corrected chi connectivity index (χ2v) is 7.22. The first-order chi connectivity index (χ1) is 8.54. The molecular formula is C13H11F3OTe. The summed E-state index contributed by atoms with van der Waals surface area (Å²) < 4.78 is 45.9. The van der Waals surface area contributed by atoms with Crippen molar-refractivity contribution in [1.82, 2.24) is 0 Å². The molecule has 1 saturated heterocycles. The van der Waals surface area contributed by atoms with Crippen LogP contribution in [0.5, 0.6) is 0 Å². The Morgan fingerprint density at radius 2 is 1.94 bits per heavy atom. The van der Waals surface area contributed by atoms with Crippen LogP contribution in [0.2, 0.25) is 0 Å². The van der Waals surface area contributed by atoms with Crippen molar-refractivity contribution >= 4 is 24.5 Å². The summed E-state index contributed by atoms with van der Waals surface area (Å²) in [5.41, 5.74) is 0.792. The van der Waals surface area contributed by atoms with E-state index in [0.29, 0.717) is 12.0 Å². The Morgan fingerprint density at radius 3 is 2.44 bits per heavy atom. The van der Waals surface area contributed by atoms with E-state index in [4.69, 9.17) is 4.74 Å². The van der Waals surface area contributed by atoms with Gasteiger partial charge in [0.05, 0.1) is 0 Å². The molecule has 2 unspecified atom stereocenters. The first kappa shape index (κ1) is 12.5. The van der Waals surface area contributed by atoms with Crippen LogP contribution in [0, 0.1) is 5.92 Å². The fourth-order valence-corrected chi connectivity index (χ4v) is 4.39. The number of rotatable bonds is 2. The molecule has 18 heavy (non-hydrogen) atoms. The number of hydrogen-bond donors (Lipinski definition) is 0. The number of benzene rings is 1. The van der Waals surface area contributed by atoms with E-state index in [-0.39, 0.29) is 0 Å². The molecule has 0 amide bonds. The molecule has 0 spiro atoms. The van der Waals surface area contributed by atoms with E-state index in [1.54, 1.807) is 12.1 Å². The SMILES string of the molecule is FC(F)(F)c1ccc([Te]/C=C2/COC3CC23)cc1. The predicted octanol–water partition coefficient (Wildman–Crippen LogP) is 2.34. The van der Waals surface area contributed by atoms with Crippen molar-refractivity contribution in [3.63, 3.8) is 0 Å². The topological polar surface area (TPSA) is 9.23 Å². The molecule has 2 atom stereocenters. The molecule has 0 N–H and O–H groups in total. The quantitative estimate of drug-likeness (QED) is 0.729. The van der Waals surface area contributed by atoms with Gasteiger partial charge in [-0.3, -0.25) is 0 Å². The van der Waals surface area contributed by atoms with Crippen molar-refractivity contribution in [3.8, 4) is 0 Å².